The summed E-state index contributed by atoms with van der Waals surface area (Å²) in [6.45, 7) is 1.92. The number of aromatic nitrogens is 1. The number of rotatable bonds is 6. The summed E-state index contributed by atoms with van der Waals surface area (Å²) in [5.74, 6) is -1.12. The van der Waals surface area contributed by atoms with Crippen LogP contribution in [0.1, 0.15) is 53.7 Å². The summed E-state index contributed by atoms with van der Waals surface area (Å²) in [5.41, 5.74) is 2.18. The molecule has 4 rings (SSSR count). The first-order valence-corrected chi connectivity index (χ1v) is 12.3. The Bertz CT molecular complexity index is 1170. The molecule has 1 aliphatic rings. The second-order valence-corrected chi connectivity index (χ2v) is 9.20. The van der Waals surface area contributed by atoms with Crippen molar-refractivity contribution in [2.45, 2.75) is 50.7 Å². The monoisotopic (exact) mass is 488 g/mol. The zero-order valence-electron chi connectivity index (χ0n) is 20.6. The van der Waals surface area contributed by atoms with Crippen LogP contribution in [0.5, 0.6) is 11.5 Å². The molecular weight excluding hydrogens is 456 g/mol. The van der Waals surface area contributed by atoms with Crippen LogP contribution in [0.25, 0.3) is 0 Å². The lowest BCUT2D eigenvalue weighted by molar-refractivity contribution is -0.152. The van der Waals surface area contributed by atoms with Gasteiger partial charge >= 0.3 is 5.97 Å². The number of benzene rings is 2. The molecule has 2 heterocycles. The van der Waals surface area contributed by atoms with Gasteiger partial charge in [0, 0.05) is 18.2 Å². The van der Waals surface area contributed by atoms with Crippen molar-refractivity contribution in [1.29, 1.82) is 0 Å². The third-order valence-corrected chi connectivity index (χ3v) is 6.82. The first kappa shape index (κ1) is 25.2. The third-order valence-electron chi connectivity index (χ3n) is 6.82. The van der Waals surface area contributed by atoms with Crippen LogP contribution in [0.2, 0.25) is 0 Å². The molecule has 4 atom stereocenters. The smallest absolute Gasteiger partial charge is 0.328 e. The number of nitrogens with zero attached hydrogens (tertiary/aromatic N) is 1. The van der Waals surface area contributed by atoms with Gasteiger partial charge in [0.15, 0.2) is 17.2 Å². The van der Waals surface area contributed by atoms with Gasteiger partial charge in [0.2, 0.25) is 0 Å². The van der Waals surface area contributed by atoms with Crippen molar-refractivity contribution in [1.82, 2.24) is 10.3 Å². The largest absolute Gasteiger partial charge is 0.503 e. The molecule has 0 radical (unpaired) electrons. The fraction of sp³-hybridized carbons (Fsp3) is 0.345. The van der Waals surface area contributed by atoms with Crippen LogP contribution in [-0.2, 0) is 16.0 Å². The molecule has 36 heavy (non-hydrogen) atoms. The van der Waals surface area contributed by atoms with E-state index in [0.717, 1.165) is 24.8 Å². The lowest BCUT2D eigenvalue weighted by Gasteiger charge is -2.32. The summed E-state index contributed by atoms with van der Waals surface area (Å²) in [7, 11) is 1.39. The van der Waals surface area contributed by atoms with Gasteiger partial charge in [-0.15, -0.1) is 0 Å². The highest BCUT2D eigenvalue weighted by Crippen LogP contribution is 2.37. The molecule has 3 aromatic rings. The van der Waals surface area contributed by atoms with E-state index in [-0.39, 0.29) is 29.0 Å². The molecule has 1 fully saturated rings. The normalized spacial score (nSPS) is 22.4. The second-order valence-electron chi connectivity index (χ2n) is 9.20. The van der Waals surface area contributed by atoms with Crippen molar-refractivity contribution in [3.8, 4) is 11.5 Å². The molecule has 0 saturated carbocycles. The molecular formula is C29H32N2O5. The van der Waals surface area contributed by atoms with Crippen LogP contribution in [0, 0.1) is 5.92 Å². The maximum Gasteiger partial charge on any atom is 0.328 e. The highest BCUT2D eigenvalue weighted by atomic mass is 16.5. The van der Waals surface area contributed by atoms with E-state index < -0.39 is 24.0 Å². The molecule has 2 aromatic carbocycles. The summed E-state index contributed by atoms with van der Waals surface area (Å²) in [6, 6.07) is 21.1. The van der Waals surface area contributed by atoms with Gasteiger partial charge in [0.1, 0.15) is 12.1 Å². The van der Waals surface area contributed by atoms with Crippen LogP contribution in [-0.4, -0.2) is 41.2 Å². The second kappa shape index (κ2) is 11.7. The number of hydrogen-bond donors (Lipinski definition) is 2. The maximum absolute atomic E-state index is 13.2. The van der Waals surface area contributed by atoms with Crippen LogP contribution in [0.4, 0.5) is 0 Å². The molecule has 0 bridgehead atoms. The zero-order chi connectivity index (χ0) is 25.5. The van der Waals surface area contributed by atoms with Gasteiger partial charge in [-0.1, -0.05) is 67.1 Å². The number of aromatic hydroxyl groups is 1. The van der Waals surface area contributed by atoms with Gasteiger partial charge in [0.05, 0.1) is 7.11 Å². The minimum absolute atomic E-state index is 0.00824. The van der Waals surface area contributed by atoms with Crippen LogP contribution >= 0.6 is 0 Å². The van der Waals surface area contributed by atoms with Gasteiger partial charge in [0.25, 0.3) is 5.91 Å². The minimum Gasteiger partial charge on any atom is -0.503 e. The summed E-state index contributed by atoms with van der Waals surface area (Å²) in [6.07, 6.45) is 3.86. The van der Waals surface area contributed by atoms with E-state index in [2.05, 4.69) is 34.6 Å². The van der Waals surface area contributed by atoms with Gasteiger partial charge in [-0.25, -0.2) is 9.78 Å². The zero-order valence-corrected chi connectivity index (χ0v) is 20.6. The Morgan fingerprint density at radius 2 is 1.78 bits per heavy atom. The van der Waals surface area contributed by atoms with E-state index in [0.29, 0.717) is 6.42 Å². The van der Waals surface area contributed by atoms with E-state index >= 15 is 0 Å². The first-order chi connectivity index (χ1) is 17.5. The first-order valence-electron chi connectivity index (χ1n) is 12.3. The molecule has 1 aliphatic heterocycles. The third kappa shape index (κ3) is 5.85. The number of hydrogen-bond acceptors (Lipinski definition) is 6. The van der Waals surface area contributed by atoms with Gasteiger partial charge < -0.3 is 19.9 Å². The Kier molecular flexibility index (Phi) is 8.21. The summed E-state index contributed by atoms with van der Waals surface area (Å²) in [5, 5.41) is 13.0. The Hall–Kier alpha value is -3.87. The number of esters is 1. The van der Waals surface area contributed by atoms with Crippen LogP contribution < -0.4 is 10.1 Å². The fourth-order valence-electron chi connectivity index (χ4n) is 5.09. The maximum atomic E-state index is 13.2. The SMILES string of the molecule is COc1ccnc(C(=O)N[C@H]2CCC[C@H](Cc3ccccc3)[C@@H](c3ccccc3)[C@H](C)OC2=O)c1O. The Labute approximate surface area is 211 Å². The number of pyridine rings is 1. The van der Waals surface area contributed by atoms with Crippen molar-refractivity contribution in [3.63, 3.8) is 0 Å². The number of ether oxygens (including phenoxy) is 2. The Balaban J connectivity index is 1.57. The van der Waals surface area contributed by atoms with Crippen molar-refractivity contribution in [2.24, 2.45) is 5.92 Å². The predicted molar refractivity (Wildman–Crippen MR) is 136 cm³/mol. The lowest BCUT2D eigenvalue weighted by Crippen LogP contribution is -2.43. The highest BCUT2D eigenvalue weighted by molar-refractivity contribution is 5.97. The van der Waals surface area contributed by atoms with Crippen LogP contribution in [0.15, 0.2) is 72.9 Å². The topological polar surface area (TPSA) is 97.8 Å². The summed E-state index contributed by atoms with van der Waals surface area (Å²) < 4.78 is 11.0. The van der Waals surface area contributed by atoms with Crippen molar-refractivity contribution in [3.05, 3.63) is 89.7 Å². The van der Waals surface area contributed by atoms with E-state index in [1.54, 1.807) is 0 Å². The van der Waals surface area contributed by atoms with E-state index in [1.807, 2.05) is 43.3 Å². The number of methoxy groups -OCH3 is 1. The van der Waals surface area contributed by atoms with Crippen molar-refractivity contribution < 1.29 is 24.2 Å². The summed E-state index contributed by atoms with van der Waals surface area (Å²) >= 11 is 0. The van der Waals surface area contributed by atoms with Gasteiger partial charge in [-0.3, -0.25) is 4.79 Å². The predicted octanol–water partition coefficient (Wildman–Crippen LogP) is 4.65. The highest BCUT2D eigenvalue weighted by Gasteiger charge is 2.35. The molecule has 0 aliphatic carbocycles. The molecule has 0 unspecified atom stereocenters. The molecule has 7 nitrogen and oxygen atoms in total. The standard InChI is InChI=1S/C29H32N2O5/c1-19-25(21-12-7-4-8-13-21)22(18-20-10-5-3-6-11-20)14-9-15-23(29(34)36-19)31-28(33)26-27(32)24(35-2)16-17-30-26/h3-8,10-13,16-17,19,22-23,25,32H,9,14-15,18H2,1-2H3,(H,31,33)/t19-,22+,23-,25+/m0/s1. The Morgan fingerprint density at radius 3 is 2.47 bits per heavy atom. The molecule has 1 amide bonds. The van der Waals surface area contributed by atoms with E-state index in [1.165, 1.54) is 24.9 Å². The van der Waals surface area contributed by atoms with Crippen molar-refractivity contribution >= 4 is 11.9 Å². The quantitative estimate of drug-likeness (QED) is 0.490. The summed E-state index contributed by atoms with van der Waals surface area (Å²) in [4.78, 5) is 30.1. The molecule has 1 aromatic heterocycles. The lowest BCUT2D eigenvalue weighted by atomic mass is 9.76. The molecule has 2 N–H and O–H groups in total. The Morgan fingerprint density at radius 1 is 1.08 bits per heavy atom. The number of amides is 1. The molecule has 188 valence electrons. The average molecular weight is 489 g/mol. The number of cyclic esters (lactones) is 1. The molecule has 1 saturated heterocycles. The van der Waals surface area contributed by atoms with E-state index in [9.17, 15) is 14.7 Å². The average Bonchev–Trinajstić information content (AvgIpc) is 2.94. The van der Waals surface area contributed by atoms with Gasteiger partial charge in [-0.05, 0) is 43.2 Å². The number of nitrogens with one attached hydrogen (secondary N) is 1. The fourth-order valence-corrected chi connectivity index (χ4v) is 5.09. The molecule has 0 spiro atoms. The molecule has 7 heteroatoms. The van der Waals surface area contributed by atoms with Gasteiger partial charge in [-0.2, -0.15) is 0 Å². The number of carbonyl (C=O) groups is 2. The van der Waals surface area contributed by atoms with Crippen molar-refractivity contribution in [2.75, 3.05) is 7.11 Å². The minimum atomic E-state index is -0.848. The van der Waals surface area contributed by atoms with Crippen LogP contribution in [0.3, 0.4) is 0 Å². The van der Waals surface area contributed by atoms with E-state index in [4.69, 9.17) is 9.47 Å². The number of carbonyl (C=O) groups excluding carboxylic acids is 2.